The van der Waals surface area contributed by atoms with Crippen molar-refractivity contribution in [3.63, 3.8) is 0 Å². The van der Waals surface area contributed by atoms with Crippen LogP contribution in [-0.2, 0) is 9.53 Å². The third-order valence-corrected chi connectivity index (χ3v) is 2.18. The van der Waals surface area contributed by atoms with Gasteiger partial charge in [-0.2, -0.15) is 0 Å². The van der Waals surface area contributed by atoms with Gasteiger partial charge in [-0.25, -0.2) is 0 Å². The van der Waals surface area contributed by atoms with E-state index in [1.165, 1.54) is 0 Å². The van der Waals surface area contributed by atoms with Crippen LogP contribution in [-0.4, -0.2) is 36.6 Å². The Labute approximate surface area is 79.1 Å². The van der Waals surface area contributed by atoms with Crippen molar-refractivity contribution >= 4 is 5.91 Å². The number of nitrogens with zero attached hydrogens (tertiary/aromatic N) is 1. The van der Waals surface area contributed by atoms with Gasteiger partial charge in [-0.3, -0.25) is 4.79 Å². The summed E-state index contributed by atoms with van der Waals surface area (Å²) in [5.74, 6) is 5.10. The van der Waals surface area contributed by atoms with Crippen LogP contribution in [0.5, 0.6) is 0 Å². The van der Waals surface area contributed by atoms with E-state index in [1.54, 1.807) is 11.8 Å². The molecular weight excluding hydrogens is 166 g/mol. The molecule has 0 spiro atoms. The van der Waals surface area contributed by atoms with Crippen LogP contribution in [0.3, 0.4) is 0 Å². The number of hydrogen-bond donors (Lipinski definition) is 0. The van der Waals surface area contributed by atoms with E-state index in [0.29, 0.717) is 13.2 Å². The Morgan fingerprint density at radius 3 is 3.00 bits per heavy atom. The molecule has 1 amide bonds. The molecule has 1 aliphatic rings. The van der Waals surface area contributed by atoms with Crippen molar-refractivity contribution in [3.8, 4) is 11.8 Å². The Bertz CT molecular complexity index is 239. The van der Waals surface area contributed by atoms with Gasteiger partial charge >= 0.3 is 0 Å². The van der Waals surface area contributed by atoms with Gasteiger partial charge in [0, 0.05) is 19.2 Å². The first-order chi connectivity index (χ1) is 6.25. The second-order valence-electron chi connectivity index (χ2n) is 3.12. The van der Waals surface area contributed by atoms with E-state index in [1.807, 2.05) is 6.92 Å². The lowest BCUT2D eigenvalue weighted by Crippen LogP contribution is -2.38. The molecule has 3 heteroatoms. The highest BCUT2D eigenvalue weighted by atomic mass is 16.5. The minimum absolute atomic E-state index is 0.0829. The zero-order chi connectivity index (χ0) is 9.68. The third-order valence-electron chi connectivity index (χ3n) is 2.18. The minimum atomic E-state index is -0.0829. The van der Waals surface area contributed by atoms with Gasteiger partial charge in [0.05, 0.1) is 6.61 Å². The van der Waals surface area contributed by atoms with Crippen LogP contribution in [0.25, 0.3) is 0 Å². The maximum Gasteiger partial charge on any atom is 0.298 e. The van der Waals surface area contributed by atoms with Gasteiger partial charge in [0.25, 0.3) is 5.91 Å². The largest absolute Gasteiger partial charge is 0.380 e. The zero-order valence-corrected chi connectivity index (χ0v) is 8.17. The second-order valence-corrected chi connectivity index (χ2v) is 3.12. The first-order valence-corrected chi connectivity index (χ1v) is 4.57. The summed E-state index contributed by atoms with van der Waals surface area (Å²) in [4.78, 5) is 13.2. The minimum Gasteiger partial charge on any atom is -0.380 e. The summed E-state index contributed by atoms with van der Waals surface area (Å²) < 4.78 is 5.28. The highest BCUT2D eigenvalue weighted by molar-refractivity contribution is 5.93. The second kappa shape index (κ2) is 4.88. The smallest absolute Gasteiger partial charge is 0.298 e. The molecule has 0 N–H and O–H groups in total. The van der Waals surface area contributed by atoms with Crippen LogP contribution in [0.15, 0.2) is 0 Å². The molecule has 1 atom stereocenters. The lowest BCUT2D eigenvalue weighted by atomic mass is 10.2. The van der Waals surface area contributed by atoms with Gasteiger partial charge in [0.15, 0.2) is 0 Å². The van der Waals surface area contributed by atoms with Crippen LogP contribution < -0.4 is 0 Å². The van der Waals surface area contributed by atoms with Crippen LogP contribution in [0, 0.1) is 11.8 Å². The number of amides is 1. The lowest BCUT2D eigenvalue weighted by molar-refractivity contribution is -0.126. The molecule has 3 nitrogen and oxygen atoms in total. The fourth-order valence-electron chi connectivity index (χ4n) is 1.38. The van der Waals surface area contributed by atoms with Crippen molar-refractivity contribution in [3.05, 3.63) is 0 Å². The van der Waals surface area contributed by atoms with Crippen molar-refractivity contribution in [2.45, 2.75) is 26.3 Å². The van der Waals surface area contributed by atoms with Gasteiger partial charge in [-0.05, 0) is 26.2 Å². The first kappa shape index (κ1) is 10.1. The molecule has 1 aliphatic heterocycles. The van der Waals surface area contributed by atoms with Crippen molar-refractivity contribution in [1.82, 2.24) is 4.90 Å². The molecule has 1 rings (SSSR count). The normalized spacial score (nSPS) is 22.9. The Hall–Kier alpha value is -1.01. The van der Waals surface area contributed by atoms with Gasteiger partial charge < -0.3 is 9.64 Å². The van der Waals surface area contributed by atoms with Crippen molar-refractivity contribution in [2.75, 3.05) is 19.8 Å². The fourth-order valence-corrected chi connectivity index (χ4v) is 1.38. The summed E-state index contributed by atoms with van der Waals surface area (Å²) in [5.41, 5.74) is 0. The molecule has 0 saturated carbocycles. The summed E-state index contributed by atoms with van der Waals surface area (Å²) >= 11 is 0. The Balaban J connectivity index is 2.62. The molecule has 1 saturated heterocycles. The van der Waals surface area contributed by atoms with Gasteiger partial charge in [0.2, 0.25) is 0 Å². The summed E-state index contributed by atoms with van der Waals surface area (Å²) in [6.45, 7) is 5.74. The summed E-state index contributed by atoms with van der Waals surface area (Å²) in [6, 6.07) is 0.246. The monoisotopic (exact) mass is 181 g/mol. The maximum atomic E-state index is 11.5. The number of hydrogen-bond acceptors (Lipinski definition) is 2. The van der Waals surface area contributed by atoms with E-state index in [2.05, 4.69) is 11.8 Å². The van der Waals surface area contributed by atoms with Gasteiger partial charge in [-0.1, -0.05) is 5.92 Å². The standard InChI is InChI=1S/C10H15NO2/c1-3-4-10(12)11-6-8-13-7-5-9(11)2/h9H,5-8H2,1-2H3. The molecule has 13 heavy (non-hydrogen) atoms. The fraction of sp³-hybridized carbons (Fsp3) is 0.700. The van der Waals surface area contributed by atoms with E-state index in [0.717, 1.165) is 13.0 Å². The highest BCUT2D eigenvalue weighted by Gasteiger charge is 2.20. The topological polar surface area (TPSA) is 29.5 Å². The van der Waals surface area contributed by atoms with Crippen LogP contribution in [0.1, 0.15) is 20.3 Å². The summed E-state index contributed by atoms with van der Waals surface area (Å²) in [7, 11) is 0. The highest BCUT2D eigenvalue weighted by Crippen LogP contribution is 2.08. The molecule has 1 fully saturated rings. The predicted molar refractivity (Wildman–Crippen MR) is 50.1 cm³/mol. The van der Waals surface area contributed by atoms with Crippen molar-refractivity contribution in [2.24, 2.45) is 0 Å². The number of carbonyl (C=O) groups excluding carboxylic acids is 1. The molecule has 0 bridgehead atoms. The van der Waals surface area contributed by atoms with E-state index in [4.69, 9.17) is 4.74 Å². The average molecular weight is 181 g/mol. The SMILES string of the molecule is CC#CC(=O)N1CCOCCC1C. The number of ether oxygens (including phenoxy) is 1. The van der Waals surface area contributed by atoms with Crippen LogP contribution in [0.4, 0.5) is 0 Å². The number of rotatable bonds is 0. The molecule has 1 heterocycles. The predicted octanol–water partition coefficient (Wildman–Crippen LogP) is 0.647. The first-order valence-electron chi connectivity index (χ1n) is 4.57. The van der Waals surface area contributed by atoms with E-state index in [-0.39, 0.29) is 11.9 Å². The molecule has 0 radical (unpaired) electrons. The summed E-state index contributed by atoms with van der Waals surface area (Å²) in [6.07, 6.45) is 0.900. The van der Waals surface area contributed by atoms with Crippen molar-refractivity contribution in [1.29, 1.82) is 0 Å². The molecule has 0 aromatic carbocycles. The molecule has 0 aromatic rings. The average Bonchev–Trinajstić information content (AvgIpc) is 2.30. The Morgan fingerprint density at radius 1 is 1.54 bits per heavy atom. The Kier molecular flexibility index (Phi) is 3.78. The quantitative estimate of drug-likeness (QED) is 0.513. The van der Waals surface area contributed by atoms with Crippen LogP contribution >= 0.6 is 0 Å². The summed E-state index contributed by atoms with van der Waals surface area (Å²) in [5, 5.41) is 0. The molecule has 72 valence electrons. The maximum absolute atomic E-state index is 11.5. The van der Waals surface area contributed by atoms with Gasteiger partial charge in [0.1, 0.15) is 0 Å². The number of carbonyl (C=O) groups is 1. The molecular formula is C10H15NO2. The third kappa shape index (κ3) is 2.74. The van der Waals surface area contributed by atoms with E-state index in [9.17, 15) is 4.79 Å². The van der Waals surface area contributed by atoms with E-state index < -0.39 is 0 Å². The Morgan fingerprint density at radius 2 is 2.31 bits per heavy atom. The van der Waals surface area contributed by atoms with Crippen LogP contribution in [0.2, 0.25) is 0 Å². The lowest BCUT2D eigenvalue weighted by Gasteiger charge is -2.23. The van der Waals surface area contributed by atoms with E-state index >= 15 is 0 Å². The molecule has 0 aromatic heterocycles. The zero-order valence-electron chi connectivity index (χ0n) is 8.17. The molecule has 0 aliphatic carbocycles. The van der Waals surface area contributed by atoms with Gasteiger partial charge in [-0.15, -0.1) is 0 Å². The van der Waals surface area contributed by atoms with Crippen molar-refractivity contribution < 1.29 is 9.53 Å². The molecule has 1 unspecified atom stereocenters.